The van der Waals surface area contributed by atoms with Crippen LogP contribution >= 0.6 is 0 Å². The van der Waals surface area contributed by atoms with Crippen LogP contribution in [0.4, 0.5) is 0 Å². The zero-order valence-electron chi connectivity index (χ0n) is 20.2. The number of carbonyl (C=O) groups is 1. The monoisotopic (exact) mass is 480 g/mol. The van der Waals surface area contributed by atoms with E-state index in [2.05, 4.69) is 13.5 Å². The first-order chi connectivity index (χ1) is 16.0. The zero-order chi connectivity index (χ0) is 24.6. The van der Waals surface area contributed by atoms with Gasteiger partial charge in [-0.3, -0.25) is 4.79 Å². The largest absolute Gasteiger partial charge is 0.432 e. The molecule has 4 aliphatic carbocycles. The molecule has 1 heterocycles. The summed E-state index contributed by atoms with van der Waals surface area (Å²) in [6.45, 7) is 7.88. The zero-order valence-corrected chi connectivity index (χ0v) is 20.2. The Kier molecular flexibility index (Phi) is 5.98. The van der Waals surface area contributed by atoms with E-state index in [-0.39, 0.29) is 16.7 Å². The summed E-state index contributed by atoms with van der Waals surface area (Å²) in [5, 5.41) is 51.2. The molecule has 5 fully saturated rings. The van der Waals surface area contributed by atoms with Gasteiger partial charge in [-0.25, -0.2) is 0 Å². The second-order valence-electron chi connectivity index (χ2n) is 12.2. The first-order valence-electron chi connectivity index (χ1n) is 12.9. The van der Waals surface area contributed by atoms with Crippen molar-refractivity contribution >= 4 is 5.97 Å². The minimum absolute atomic E-state index is 0.0550. The molecule has 12 atom stereocenters. The van der Waals surface area contributed by atoms with Gasteiger partial charge in [0, 0.05) is 5.41 Å². The predicted octanol–water partition coefficient (Wildman–Crippen LogP) is 1.27. The van der Waals surface area contributed by atoms with Crippen LogP contribution < -0.4 is 0 Å². The van der Waals surface area contributed by atoms with E-state index in [9.17, 15) is 30.3 Å². The van der Waals surface area contributed by atoms with Gasteiger partial charge >= 0.3 is 5.97 Å². The molecule has 0 unspecified atom stereocenters. The molecule has 0 aromatic rings. The number of fused-ring (bicyclic) bond motifs is 3. The summed E-state index contributed by atoms with van der Waals surface area (Å²) >= 11 is 0. The summed E-state index contributed by atoms with van der Waals surface area (Å²) in [6, 6.07) is 0. The Labute approximate surface area is 201 Å². The Morgan fingerprint density at radius 3 is 2.47 bits per heavy atom. The quantitative estimate of drug-likeness (QED) is 0.301. The molecule has 5 rings (SSSR count). The maximum Gasteiger partial charge on any atom is 0.314 e. The second kappa shape index (κ2) is 8.25. The van der Waals surface area contributed by atoms with E-state index in [0.717, 1.165) is 50.5 Å². The van der Waals surface area contributed by atoms with Gasteiger partial charge in [-0.15, -0.1) is 0 Å². The Hall–Kier alpha value is -1.03. The molecule has 8 nitrogen and oxygen atoms in total. The lowest BCUT2D eigenvalue weighted by molar-refractivity contribution is -0.298. The third-order valence-corrected chi connectivity index (χ3v) is 10.8. The number of hydrogen-bond acceptors (Lipinski definition) is 8. The van der Waals surface area contributed by atoms with E-state index in [0.29, 0.717) is 18.3 Å². The third kappa shape index (κ3) is 3.22. The lowest BCUT2D eigenvalue weighted by Crippen LogP contribution is -2.62. The smallest absolute Gasteiger partial charge is 0.314 e. The van der Waals surface area contributed by atoms with Gasteiger partial charge in [-0.1, -0.05) is 19.9 Å². The molecular weight excluding hydrogens is 440 g/mol. The molecule has 0 aromatic carbocycles. The maximum atomic E-state index is 13.7. The molecule has 192 valence electrons. The number of esters is 1. The summed E-state index contributed by atoms with van der Waals surface area (Å²) in [6.07, 6.45) is -0.507. The maximum absolute atomic E-state index is 13.7. The van der Waals surface area contributed by atoms with Gasteiger partial charge in [-0.05, 0) is 80.6 Å². The number of carbonyl (C=O) groups excluding carboxylic acids is 1. The Morgan fingerprint density at radius 1 is 1.03 bits per heavy atom. The van der Waals surface area contributed by atoms with E-state index < -0.39 is 54.8 Å². The molecule has 4 saturated carbocycles. The normalized spacial score (nSPS) is 54.8. The molecule has 0 amide bonds. The van der Waals surface area contributed by atoms with Crippen molar-refractivity contribution in [1.82, 2.24) is 0 Å². The molecule has 5 N–H and O–H groups in total. The van der Waals surface area contributed by atoms with E-state index in [1.807, 2.05) is 6.92 Å². The average molecular weight is 481 g/mol. The van der Waals surface area contributed by atoms with Gasteiger partial charge in [0.15, 0.2) is 0 Å². The predicted molar refractivity (Wildman–Crippen MR) is 121 cm³/mol. The number of aliphatic hydroxyl groups excluding tert-OH is 5. The summed E-state index contributed by atoms with van der Waals surface area (Å²) in [4.78, 5) is 13.7. The first-order valence-corrected chi connectivity index (χ1v) is 12.9. The van der Waals surface area contributed by atoms with E-state index in [1.54, 1.807) is 0 Å². The highest BCUT2D eigenvalue weighted by molar-refractivity contribution is 5.77. The molecule has 5 aliphatic rings. The molecule has 1 spiro atoms. The van der Waals surface area contributed by atoms with Gasteiger partial charge < -0.3 is 35.0 Å². The highest BCUT2D eigenvalue weighted by Crippen LogP contribution is 2.72. The van der Waals surface area contributed by atoms with Crippen molar-refractivity contribution in [2.24, 2.45) is 34.0 Å². The van der Waals surface area contributed by atoms with Crippen molar-refractivity contribution in [1.29, 1.82) is 0 Å². The molecule has 2 bridgehead atoms. The van der Waals surface area contributed by atoms with Crippen molar-refractivity contribution in [3.8, 4) is 0 Å². The highest BCUT2D eigenvalue weighted by Gasteiger charge is 2.68. The van der Waals surface area contributed by atoms with Crippen molar-refractivity contribution in [2.75, 3.05) is 6.61 Å². The number of ether oxygens (including phenoxy) is 2. The van der Waals surface area contributed by atoms with E-state index in [1.165, 1.54) is 0 Å². The molecule has 0 aromatic heterocycles. The van der Waals surface area contributed by atoms with Gasteiger partial charge in [0.25, 0.3) is 0 Å². The Balaban J connectivity index is 1.40. The van der Waals surface area contributed by atoms with Crippen LogP contribution in [0.2, 0.25) is 0 Å². The Bertz CT molecular complexity index is 845. The topological polar surface area (TPSA) is 137 Å². The van der Waals surface area contributed by atoms with Crippen molar-refractivity contribution in [3.63, 3.8) is 0 Å². The SMILES string of the molecule is C=C1[C@@H]2CC[C@H]3[C@]4(C)CCC[C@@](C)(C(=O)O[C@@H]5O[C@H](CO)[C@@H](O)[C@H](O)[C@H]5O)[C@@H]4CC[C@]3(C2)[C@@H]1O. The minimum Gasteiger partial charge on any atom is -0.432 e. The van der Waals surface area contributed by atoms with Crippen LogP contribution in [0.5, 0.6) is 0 Å². The molecule has 1 aliphatic heterocycles. The summed E-state index contributed by atoms with van der Waals surface area (Å²) < 4.78 is 11.1. The fourth-order valence-electron chi connectivity index (χ4n) is 9.01. The fraction of sp³-hybridized carbons (Fsp3) is 0.885. The van der Waals surface area contributed by atoms with Crippen molar-refractivity contribution < 1.29 is 39.8 Å². The van der Waals surface area contributed by atoms with Gasteiger partial charge in [-0.2, -0.15) is 0 Å². The van der Waals surface area contributed by atoms with Crippen LogP contribution in [0.25, 0.3) is 0 Å². The second-order valence-corrected chi connectivity index (χ2v) is 12.2. The fourth-order valence-corrected chi connectivity index (χ4v) is 9.01. The van der Waals surface area contributed by atoms with Gasteiger partial charge in [0.2, 0.25) is 6.29 Å². The van der Waals surface area contributed by atoms with Crippen molar-refractivity contribution in [3.05, 3.63) is 12.2 Å². The minimum atomic E-state index is -1.61. The van der Waals surface area contributed by atoms with Crippen LogP contribution in [0.1, 0.15) is 65.2 Å². The Morgan fingerprint density at radius 2 is 1.76 bits per heavy atom. The van der Waals surface area contributed by atoms with E-state index >= 15 is 0 Å². The summed E-state index contributed by atoms with van der Waals surface area (Å²) in [5.74, 6) is 0.287. The van der Waals surface area contributed by atoms with E-state index in [4.69, 9.17) is 9.47 Å². The lowest BCUT2D eigenvalue weighted by atomic mass is 9.40. The van der Waals surface area contributed by atoms with Gasteiger partial charge in [0.1, 0.15) is 24.4 Å². The molecule has 34 heavy (non-hydrogen) atoms. The van der Waals surface area contributed by atoms with Crippen LogP contribution in [0, 0.1) is 34.0 Å². The average Bonchev–Trinajstić information content (AvgIpc) is 2.98. The molecule has 8 heteroatoms. The molecule has 0 radical (unpaired) electrons. The number of hydrogen-bond donors (Lipinski definition) is 5. The van der Waals surface area contributed by atoms with Crippen LogP contribution in [0.15, 0.2) is 12.2 Å². The molecular formula is C26H40O8. The van der Waals surface area contributed by atoms with Crippen molar-refractivity contribution in [2.45, 2.75) is 102 Å². The summed E-state index contributed by atoms with van der Waals surface area (Å²) in [5.41, 5.74) is -0.0868. The third-order valence-electron chi connectivity index (χ3n) is 10.8. The number of rotatable bonds is 3. The summed E-state index contributed by atoms with van der Waals surface area (Å²) in [7, 11) is 0. The molecule has 1 saturated heterocycles. The lowest BCUT2D eigenvalue weighted by Gasteiger charge is -2.64. The highest BCUT2D eigenvalue weighted by atomic mass is 16.7. The standard InChI is InChI=1S/C26H40O8/c1-13-14-5-6-17-24(2)8-4-9-25(3,16(24)7-10-26(17,11-14)21(13)31)23(32)34-22-20(30)19(29)18(28)15(12-27)33-22/h14-22,27-31H,1,4-12H2,2-3H3/t14-,15-,16-,17+,18-,19+,20-,21-,22+,24-,25-,26-/m1/s1. The van der Waals surface area contributed by atoms with Crippen LogP contribution in [-0.2, 0) is 14.3 Å². The number of aliphatic hydroxyl groups is 5. The first kappa shape index (κ1) is 24.7. The van der Waals surface area contributed by atoms with Gasteiger partial charge in [0.05, 0.1) is 18.1 Å². The van der Waals surface area contributed by atoms with Crippen LogP contribution in [0.3, 0.4) is 0 Å². The van der Waals surface area contributed by atoms with Crippen LogP contribution in [-0.4, -0.2) is 74.9 Å².